The first-order valence-corrected chi connectivity index (χ1v) is 7.78. The topological polar surface area (TPSA) is 60.2 Å². The van der Waals surface area contributed by atoms with Gasteiger partial charge in [-0.25, -0.2) is 4.39 Å². The molecule has 0 heterocycles. The van der Waals surface area contributed by atoms with Gasteiger partial charge in [-0.3, -0.25) is 4.99 Å². The Morgan fingerprint density at radius 1 is 1.35 bits per heavy atom. The molecule has 2 N–H and O–H groups in total. The van der Waals surface area contributed by atoms with Crippen molar-refractivity contribution in [2.75, 3.05) is 7.05 Å². The van der Waals surface area contributed by atoms with E-state index in [1.54, 1.807) is 13.1 Å². The number of hydrogen-bond acceptors (Lipinski definition) is 2. The molecule has 4 nitrogen and oxygen atoms in total. The number of nitriles is 1. The Morgan fingerprint density at radius 3 is 2.65 bits per heavy atom. The van der Waals surface area contributed by atoms with Crippen molar-refractivity contribution in [1.29, 1.82) is 5.26 Å². The normalized spacial score (nSPS) is 21.0. The molecule has 0 aromatic heterocycles. The van der Waals surface area contributed by atoms with Gasteiger partial charge in [-0.05, 0) is 49.8 Å². The van der Waals surface area contributed by atoms with E-state index in [-0.39, 0.29) is 29.8 Å². The Kier molecular flexibility index (Phi) is 8.31. The van der Waals surface area contributed by atoms with E-state index in [9.17, 15) is 4.39 Å². The Labute approximate surface area is 154 Å². The highest BCUT2D eigenvalue weighted by molar-refractivity contribution is 14.0. The molecule has 1 aromatic rings. The van der Waals surface area contributed by atoms with Crippen molar-refractivity contribution < 1.29 is 4.39 Å². The van der Waals surface area contributed by atoms with Crippen LogP contribution in [0.1, 0.15) is 43.7 Å². The van der Waals surface area contributed by atoms with Gasteiger partial charge in [0.1, 0.15) is 5.82 Å². The van der Waals surface area contributed by atoms with E-state index in [2.05, 4.69) is 22.5 Å². The van der Waals surface area contributed by atoms with E-state index in [1.807, 2.05) is 6.07 Å². The van der Waals surface area contributed by atoms with Gasteiger partial charge in [0, 0.05) is 25.2 Å². The second-order valence-electron chi connectivity index (χ2n) is 5.94. The van der Waals surface area contributed by atoms with Gasteiger partial charge in [0.25, 0.3) is 0 Å². The maximum atomic E-state index is 13.8. The molecule has 1 fully saturated rings. The zero-order valence-corrected chi connectivity index (χ0v) is 15.9. The molecule has 0 radical (unpaired) electrons. The Bertz CT molecular complexity index is 574. The molecule has 126 valence electrons. The molecule has 1 aliphatic carbocycles. The molecule has 0 bridgehead atoms. The largest absolute Gasteiger partial charge is 0.354 e. The second-order valence-corrected chi connectivity index (χ2v) is 5.94. The number of aliphatic imine (C=N–C) groups is 1. The van der Waals surface area contributed by atoms with Gasteiger partial charge in [0.2, 0.25) is 0 Å². The Hall–Kier alpha value is -1.36. The van der Waals surface area contributed by atoms with Crippen LogP contribution < -0.4 is 10.6 Å². The van der Waals surface area contributed by atoms with Crippen LogP contribution in [0.3, 0.4) is 0 Å². The molecular formula is C17H24FIN4. The lowest BCUT2D eigenvalue weighted by Gasteiger charge is -2.28. The van der Waals surface area contributed by atoms with Crippen LogP contribution in [0.2, 0.25) is 0 Å². The molecule has 0 aliphatic heterocycles. The first-order valence-electron chi connectivity index (χ1n) is 7.78. The summed E-state index contributed by atoms with van der Waals surface area (Å²) in [5.74, 6) is 1.17. The minimum absolute atomic E-state index is 0. The summed E-state index contributed by atoms with van der Waals surface area (Å²) >= 11 is 0. The minimum Gasteiger partial charge on any atom is -0.354 e. The van der Waals surface area contributed by atoms with E-state index in [4.69, 9.17) is 5.26 Å². The molecule has 1 aliphatic rings. The summed E-state index contributed by atoms with van der Waals surface area (Å²) in [5, 5.41) is 15.4. The Balaban J connectivity index is 0.00000264. The summed E-state index contributed by atoms with van der Waals surface area (Å²) in [4.78, 5) is 4.20. The van der Waals surface area contributed by atoms with Crippen molar-refractivity contribution in [3.63, 3.8) is 0 Å². The highest BCUT2D eigenvalue weighted by Crippen LogP contribution is 2.23. The second kappa shape index (κ2) is 9.71. The zero-order chi connectivity index (χ0) is 15.9. The van der Waals surface area contributed by atoms with Gasteiger partial charge < -0.3 is 10.6 Å². The van der Waals surface area contributed by atoms with Gasteiger partial charge >= 0.3 is 0 Å². The summed E-state index contributed by atoms with van der Waals surface area (Å²) < 4.78 is 13.8. The zero-order valence-electron chi connectivity index (χ0n) is 13.6. The van der Waals surface area contributed by atoms with Crippen LogP contribution in [-0.4, -0.2) is 19.0 Å². The molecule has 0 saturated heterocycles. The van der Waals surface area contributed by atoms with Crippen LogP contribution >= 0.6 is 24.0 Å². The predicted octanol–water partition coefficient (Wildman–Crippen LogP) is 3.56. The number of nitrogens with zero attached hydrogens (tertiary/aromatic N) is 2. The summed E-state index contributed by atoms with van der Waals surface area (Å²) in [6.07, 6.45) is 4.74. The number of guanidine groups is 1. The van der Waals surface area contributed by atoms with Crippen molar-refractivity contribution in [1.82, 2.24) is 10.6 Å². The fourth-order valence-electron chi connectivity index (χ4n) is 2.75. The predicted molar refractivity (Wildman–Crippen MR) is 101 cm³/mol. The van der Waals surface area contributed by atoms with Crippen molar-refractivity contribution in [3.05, 3.63) is 35.1 Å². The van der Waals surface area contributed by atoms with Gasteiger partial charge in [0.05, 0.1) is 11.6 Å². The molecule has 6 heteroatoms. The van der Waals surface area contributed by atoms with Crippen LogP contribution in [0.5, 0.6) is 0 Å². The summed E-state index contributed by atoms with van der Waals surface area (Å²) in [5.41, 5.74) is 0.932. The molecule has 23 heavy (non-hydrogen) atoms. The standard InChI is InChI=1S/C17H23FN4.HI/c1-12-3-6-15(7-4-12)22-17(20-2)21-11-14-9-13(10-19)5-8-16(14)18;/h5,8-9,12,15H,3-4,6-7,11H2,1-2H3,(H2,20,21,22);1H. The van der Waals surface area contributed by atoms with Crippen molar-refractivity contribution in [2.24, 2.45) is 10.9 Å². The van der Waals surface area contributed by atoms with Gasteiger partial charge in [-0.2, -0.15) is 5.26 Å². The third-order valence-electron chi connectivity index (χ3n) is 4.20. The summed E-state index contributed by atoms with van der Waals surface area (Å²) in [6, 6.07) is 6.83. The Morgan fingerprint density at radius 2 is 2.04 bits per heavy atom. The smallest absolute Gasteiger partial charge is 0.191 e. The molecule has 1 aromatic carbocycles. The minimum atomic E-state index is -0.312. The summed E-state index contributed by atoms with van der Waals surface area (Å²) in [7, 11) is 1.71. The lowest BCUT2D eigenvalue weighted by Crippen LogP contribution is -2.44. The van der Waals surface area contributed by atoms with Crippen LogP contribution in [0.15, 0.2) is 23.2 Å². The fraction of sp³-hybridized carbons (Fsp3) is 0.529. The fourth-order valence-corrected chi connectivity index (χ4v) is 2.75. The van der Waals surface area contributed by atoms with Gasteiger partial charge in [-0.1, -0.05) is 6.92 Å². The summed E-state index contributed by atoms with van der Waals surface area (Å²) in [6.45, 7) is 2.60. The third-order valence-corrected chi connectivity index (χ3v) is 4.20. The lowest BCUT2D eigenvalue weighted by molar-refractivity contribution is 0.329. The number of hydrogen-bond donors (Lipinski definition) is 2. The SMILES string of the molecule is CN=C(NCc1cc(C#N)ccc1F)NC1CCC(C)CC1.I. The molecule has 2 rings (SSSR count). The van der Waals surface area contributed by atoms with E-state index in [0.717, 1.165) is 18.8 Å². The number of halogens is 2. The third kappa shape index (κ3) is 5.98. The molecule has 0 atom stereocenters. The van der Waals surface area contributed by atoms with E-state index in [0.29, 0.717) is 29.7 Å². The average molecular weight is 430 g/mol. The maximum absolute atomic E-state index is 13.8. The first-order chi connectivity index (χ1) is 10.6. The van der Waals surface area contributed by atoms with Gasteiger partial charge in [0.15, 0.2) is 5.96 Å². The molecule has 0 amide bonds. The molecular weight excluding hydrogens is 406 g/mol. The monoisotopic (exact) mass is 430 g/mol. The average Bonchev–Trinajstić information content (AvgIpc) is 2.54. The highest BCUT2D eigenvalue weighted by Gasteiger charge is 2.18. The van der Waals surface area contributed by atoms with Crippen LogP contribution in [-0.2, 0) is 6.54 Å². The quantitative estimate of drug-likeness (QED) is 0.438. The van der Waals surface area contributed by atoms with Crippen molar-refractivity contribution >= 4 is 29.9 Å². The van der Waals surface area contributed by atoms with Gasteiger partial charge in [-0.15, -0.1) is 24.0 Å². The van der Waals surface area contributed by atoms with Crippen LogP contribution in [0.4, 0.5) is 4.39 Å². The number of benzene rings is 1. The number of rotatable bonds is 3. The molecule has 0 spiro atoms. The number of nitrogens with one attached hydrogen (secondary N) is 2. The molecule has 1 saturated carbocycles. The van der Waals surface area contributed by atoms with Crippen molar-refractivity contribution in [3.8, 4) is 6.07 Å². The lowest BCUT2D eigenvalue weighted by atomic mass is 9.87. The van der Waals surface area contributed by atoms with E-state index >= 15 is 0 Å². The first kappa shape index (κ1) is 19.7. The van der Waals surface area contributed by atoms with E-state index < -0.39 is 0 Å². The van der Waals surface area contributed by atoms with E-state index in [1.165, 1.54) is 25.0 Å². The van der Waals surface area contributed by atoms with Crippen LogP contribution in [0, 0.1) is 23.1 Å². The van der Waals surface area contributed by atoms with Crippen LogP contribution in [0.25, 0.3) is 0 Å². The maximum Gasteiger partial charge on any atom is 0.191 e. The highest BCUT2D eigenvalue weighted by atomic mass is 127. The molecule has 0 unspecified atom stereocenters. The van der Waals surface area contributed by atoms with Crippen molar-refractivity contribution in [2.45, 2.75) is 45.2 Å².